The summed E-state index contributed by atoms with van der Waals surface area (Å²) >= 11 is 0. The molecule has 0 aliphatic heterocycles. The van der Waals surface area contributed by atoms with Gasteiger partial charge in [-0.25, -0.2) is 4.79 Å². The van der Waals surface area contributed by atoms with E-state index in [4.69, 9.17) is 0 Å². The number of aliphatic carboxylic acids is 1. The van der Waals surface area contributed by atoms with Crippen LogP contribution in [0.2, 0.25) is 0 Å². The van der Waals surface area contributed by atoms with Crippen LogP contribution in [0.5, 0.6) is 0 Å². The van der Waals surface area contributed by atoms with E-state index in [1.807, 2.05) is 13.8 Å². The van der Waals surface area contributed by atoms with E-state index in [-0.39, 0.29) is 23.3 Å². The van der Waals surface area contributed by atoms with Crippen LogP contribution < -0.4 is 0 Å². The first-order valence-electron chi connectivity index (χ1n) is 7.58. The third-order valence-electron chi connectivity index (χ3n) is 4.58. The van der Waals surface area contributed by atoms with E-state index in [0.29, 0.717) is 6.42 Å². The zero-order valence-corrected chi connectivity index (χ0v) is 13.7. The quantitative estimate of drug-likeness (QED) is 0.864. The van der Waals surface area contributed by atoms with E-state index in [2.05, 4.69) is 20.8 Å². The summed E-state index contributed by atoms with van der Waals surface area (Å²) in [5.74, 6) is -1.01. The van der Waals surface area contributed by atoms with Crippen LogP contribution in [0.25, 0.3) is 0 Å². The lowest BCUT2D eigenvalue weighted by Crippen LogP contribution is -2.66. The highest BCUT2D eigenvalue weighted by atomic mass is 16.4. The average molecular weight is 283 g/mol. The molecule has 4 nitrogen and oxygen atoms in total. The summed E-state index contributed by atoms with van der Waals surface area (Å²) in [7, 11) is 0. The normalized spacial score (nSPS) is 27.4. The Morgan fingerprint density at radius 2 is 1.80 bits per heavy atom. The first-order valence-corrected chi connectivity index (χ1v) is 7.58. The highest BCUT2D eigenvalue weighted by Crippen LogP contribution is 2.48. The largest absolute Gasteiger partial charge is 0.479 e. The highest BCUT2D eigenvalue weighted by molar-refractivity contribution is 5.87. The number of carboxylic acid groups (broad SMARTS) is 1. The summed E-state index contributed by atoms with van der Waals surface area (Å²) in [5.41, 5.74) is -1.20. The summed E-state index contributed by atoms with van der Waals surface area (Å²) < 4.78 is 0. The second kappa shape index (κ2) is 5.74. The van der Waals surface area contributed by atoms with Gasteiger partial charge in [0.2, 0.25) is 5.91 Å². The van der Waals surface area contributed by atoms with Gasteiger partial charge in [0.05, 0.1) is 0 Å². The Labute approximate surface area is 122 Å². The van der Waals surface area contributed by atoms with Crippen LogP contribution >= 0.6 is 0 Å². The van der Waals surface area contributed by atoms with E-state index in [9.17, 15) is 14.7 Å². The van der Waals surface area contributed by atoms with Crippen molar-refractivity contribution >= 4 is 11.9 Å². The zero-order chi connectivity index (χ0) is 15.7. The molecule has 1 aliphatic rings. The van der Waals surface area contributed by atoms with Gasteiger partial charge in [-0.2, -0.15) is 0 Å². The van der Waals surface area contributed by atoms with Crippen molar-refractivity contribution in [3.8, 4) is 0 Å². The number of hydrogen-bond donors (Lipinski definition) is 1. The average Bonchev–Trinajstić information content (AvgIpc) is 2.26. The Bertz CT molecular complexity index is 384. The molecule has 2 unspecified atom stereocenters. The molecule has 1 aliphatic carbocycles. The standard InChI is InChI=1S/C16H29NO3/c1-11(2)17(12(3)18)16(14(19)20)10-8-7-9-13(16)15(4,5)6/h11,13H,7-10H2,1-6H3,(H,19,20). The molecule has 1 N–H and O–H groups in total. The number of carbonyl (C=O) groups is 2. The first-order chi connectivity index (χ1) is 9.05. The fourth-order valence-electron chi connectivity index (χ4n) is 4.06. The lowest BCUT2D eigenvalue weighted by atomic mass is 9.61. The third kappa shape index (κ3) is 2.84. The molecule has 0 aromatic rings. The maximum Gasteiger partial charge on any atom is 0.329 e. The second-order valence-electron chi connectivity index (χ2n) is 7.38. The van der Waals surface area contributed by atoms with Gasteiger partial charge in [-0.1, -0.05) is 33.6 Å². The summed E-state index contributed by atoms with van der Waals surface area (Å²) in [6.07, 6.45) is 3.34. The first kappa shape index (κ1) is 17.0. The Hall–Kier alpha value is -1.06. The van der Waals surface area contributed by atoms with E-state index in [1.54, 1.807) is 4.90 Å². The minimum absolute atomic E-state index is 0.0208. The van der Waals surface area contributed by atoms with E-state index in [0.717, 1.165) is 19.3 Å². The number of hydrogen-bond acceptors (Lipinski definition) is 2. The molecule has 0 aromatic heterocycles. The predicted molar refractivity (Wildman–Crippen MR) is 79.4 cm³/mol. The SMILES string of the molecule is CC(=O)N(C(C)C)C1(C(=O)O)CCCCC1C(C)(C)C. The number of carboxylic acids is 1. The number of nitrogens with zero attached hydrogens (tertiary/aromatic N) is 1. The number of carbonyl (C=O) groups excluding carboxylic acids is 1. The highest BCUT2D eigenvalue weighted by Gasteiger charge is 2.56. The molecule has 0 spiro atoms. The molecule has 1 rings (SSSR count). The van der Waals surface area contributed by atoms with Crippen molar-refractivity contribution in [3.63, 3.8) is 0 Å². The van der Waals surface area contributed by atoms with Gasteiger partial charge in [-0.15, -0.1) is 0 Å². The van der Waals surface area contributed by atoms with Crippen molar-refractivity contribution < 1.29 is 14.7 Å². The van der Waals surface area contributed by atoms with Crippen LogP contribution in [-0.4, -0.2) is 33.5 Å². The smallest absolute Gasteiger partial charge is 0.329 e. The van der Waals surface area contributed by atoms with Gasteiger partial charge in [0.15, 0.2) is 0 Å². The lowest BCUT2D eigenvalue weighted by Gasteiger charge is -2.53. The Kier molecular flexibility index (Phi) is 4.88. The van der Waals surface area contributed by atoms with Crippen LogP contribution in [0.1, 0.15) is 67.2 Å². The van der Waals surface area contributed by atoms with Crippen molar-refractivity contribution in [3.05, 3.63) is 0 Å². The second-order valence-corrected chi connectivity index (χ2v) is 7.38. The molecule has 0 saturated heterocycles. The minimum Gasteiger partial charge on any atom is -0.479 e. The van der Waals surface area contributed by atoms with Gasteiger partial charge in [-0.05, 0) is 38.0 Å². The van der Waals surface area contributed by atoms with Crippen LogP contribution in [0.15, 0.2) is 0 Å². The lowest BCUT2D eigenvalue weighted by molar-refractivity contribution is -0.174. The molecule has 0 aromatic carbocycles. The van der Waals surface area contributed by atoms with Crippen molar-refractivity contribution in [2.24, 2.45) is 11.3 Å². The van der Waals surface area contributed by atoms with Crippen molar-refractivity contribution in [1.82, 2.24) is 4.90 Å². The number of amides is 1. The predicted octanol–water partition coefficient (Wildman–Crippen LogP) is 3.30. The monoisotopic (exact) mass is 283 g/mol. The van der Waals surface area contributed by atoms with Crippen molar-refractivity contribution in [2.75, 3.05) is 0 Å². The zero-order valence-electron chi connectivity index (χ0n) is 13.7. The molecular weight excluding hydrogens is 254 g/mol. The summed E-state index contributed by atoms with van der Waals surface area (Å²) in [5, 5.41) is 10.00. The molecule has 0 radical (unpaired) electrons. The molecule has 116 valence electrons. The fourth-order valence-corrected chi connectivity index (χ4v) is 4.06. The molecule has 0 heterocycles. The van der Waals surface area contributed by atoms with Gasteiger partial charge in [0.25, 0.3) is 0 Å². The van der Waals surface area contributed by atoms with Crippen LogP contribution in [0, 0.1) is 11.3 Å². The molecule has 20 heavy (non-hydrogen) atoms. The Morgan fingerprint density at radius 1 is 1.25 bits per heavy atom. The molecule has 2 atom stereocenters. The fraction of sp³-hybridized carbons (Fsp3) is 0.875. The van der Waals surface area contributed by atoms with Crippen molar-refractivity contribution in [1.29, 1.82) is 0 Å². The van der Waals surface area contributed by atoms with Gasteiger partial charge < -0.3 is 10.0 Å². The Morgan fingerprint density at radius 3 is 2.15 bits per heavy atom. The molecular formula is C16H29NO3. The van der Waals surface area contributed by atoms with E-state index < -0.39 is 11.5 Å². The maximum absolute atomic E-state index is 12.2. The molecule has 0 bridgehead atoms. The minimum atomic E-state index is -1.06. The summed E-state index contributed by atoms with van der Waals surface area (Å²) in [6, 6.07) is -0.105. The Balaban J connectivity index is 3.43. The molecule has 1 saturated carbocycles. The van der Waals surface area contributed by atoms with E-state index in [1.165, 1.54) is 6.92 Å². The third-order valence-corrected chi connectivity index (χ3v) is 4.58. The van der Waals surface area contributed by atoms with E-state index >= 15 is 0 Å². The summed E-state index contributed by atoms with van der Waals surface area (Å²) in [6.45, 7) is 11.5. The van der Waals surface area contributed by atoms with Gasteiger partial charge in [0.1, 0.15) is 5.54 Å². The van der Waals surface area contributed by atoms with Crippen LogP contribution in [0.4, 0.5) is 0 Å². The molecule has 1 fully saturated rings. The van der Waals surface area contributed by atoms with Gasteiger partial charge in [-0.3, -0.25) is 4.79 Å². The summed E-state index contributed by atoms with van der Waals surface area (Å²) in [4.78, 5) is 25.9. The van der Waals surface area contributed by atoms with Crippen LogP contribution in [-0.2, 0) is 9.59 Å². The maximum atomic E-state index is 12.2. The molecule has 4 heteroatoms. The molecule has 1 amide bonds. The van der Waals surface area contributed by atoms with Crippen molar-refractivity contribution in [2.45, 2.75) is 78.8 Å². The topological polar surface area (TPSA) is 57.6 Å². The van der Waals surface area contributed by atoms with Gasteiger partial charge in [0, 0.05) is 13.0 Å². The van der Waals surface area contributed by atoms with Gasteiger partial charge >= 0.3 is 5.97 Å². The number of rotatable bonds is 3. The van der Waals surface area contributed by atoms with Crippen LogP contribution in [0.3, 0.4) is 0 Å².